The van der Waals surface area contributed by atoms with E-state index >= 15 is 0 Å². The fourth-order valence-electron chi connectivity index (χ4n) is 0.933. The van der Waals surface area contributed by atoms with Gasteiger partial charge < -0.3 is 5.11 Å². The largest absolute Gasteiger partial charge is 0.393 e. The van der Waals surface area contributed by atoms with Crippen molar-refractivity contribution in [3.8, 4) is 0 Å². The quantitative estimate of drug-likeness (QED) is 0.628. The molecular weight excluding hydrogens is 156 g/mol. The van der Waals surface area contributed by atoms with Crippen molar-refractivity contribution in [3.63, 3.8) is 0 Å². The summed E-state index contributed by atoms with van der Waals surface area (Å²) in [6.07, 6.45) is 5.42. The highest BCUT2D eigenvalue weighted by atomic mass is 32.2. The van der Waals surface area contributed by atoms with Crippen LogP contribution in [0.15, 0.2) is 0 Å². The third-order valence-corrected chi connectivity index (χ3v) is 2.56. The Morgan fingerprint density at radius 2 is 1.91 bits per heavy atom. The van der Waals surface area contributed by atoms with E-state index in [-0.39, 0.29) is 6.10 Å². The van der Waals surface area contributed by atoms with E-state index in [1.165, 1.54) is 18.6 Å². The van der Waals surface area contributed by atoms with Crippen LogP contribution in [0.1, 0.15) is 33.1 Å². The molecule has 0 fully saturated rings. The second kappa shape index (κ2) is 6.99. The molecule has 0 amide bonds. The lowest BCUT2D eigenvalue weighted by molar-refractivity contribution is 0.114. The molecule has 1 N–H and O–H groups in total. The van der Waals surface area contributed by atoms with Crippen LogP contribution in [0, 0.1) is 5.92 Å². The van der Waals surface area contributed by atoms with Gasteiger partial charge in [0.1, 0.15) is 0 Å². The fourth-order valence-corrected chi connectivity index (χ4v) is 1.43. The number of hydrogen-bond acceptors (Lipinski definition) is 2. The maximum Gasteiger partial charge on any atom is 0.0563 e. The molecule has 0 saturated heterocycles. The van der Waals surface area contributed by atoms with Crippen molar-refractivity contribution in [1.29, 1.82) is 0 Å². The van der Waals surface area contributed by atoms with E-state index in [9.17, 15) is 5.11 Å². The van der Waals surface area contributed by atoms with Crippen molar-refractivity contribution >= 4 is 11.8 Å². The van der Waals surface area contributed by atoms with E-state index < -0.39 is 0 Å². The summed E-state index contributed by atoms with van der Waals surface area (Å²) in [5, 5.41) is 9.42. The Bertz CT molecular complexity index is 83.6. The zero-order chi connectivity index (χ0) is 8.69. The molecule has 1 atom stereocenters. The second-order valence-electron chi connectivity index (χ2n) is 3.30. The minimum Gasteiger partial charge on any atom is -0.393 e. The van der Waals surface area contributed by atoms with Crippen molar-refractivity contribution in [2.75, 3.05) is 12.0 Å². The van der Waals surface area contributed by atoms with E-state index in [0.717, 1.165) is 6.42 Å². The Labute approximate surface area is 74.6 Å². The van der Waals surface area contributed by atoms with Gasteiger partial charge in [-0.25, -0.2) is 0 Å². The minimum atomic E-state index is -0.0862. The average molecular weight is 176 g/mol. The molecule has 0 aliphatic carbocycles. The van der Waals surface area contributed by atoms with E-state index in [2.05, 4.69) is 20.1 Å². The van der Waals surface area contributed by atoms with Crippen molar-refractivity contribution in [3.05, 3.63) is 0 Å². The summed E-state index contributed by atoms with van der Waals surface area (Å²) in [6, 6.07) is 0. The van der Waals surface area contributed by atoms with Crippen LogP contribution in [-0.4, -0.2) is 23.2 Å². The van der Waals surface area contributed by atoms with Crippen LogP contribution in [0.5, 0.6) is 0 Å². The van der Waals surface area contributed by atoms with Gasteiger partial charge in [0.05, 0.1) is 6.10 Å². The zero-order valence-corrected chi connectivity index (χ0v) is 8.66. The molecule has 2 heteroatoms. The van der Waals surface area contributed by atoms with E-state index in [1.807, 2.05) is 11.8 Å². The summed E-state index contributed by atoms with van der Waals surface area (Å²) in [7, 11) is 0. The molecule has 1 nitrogen and oxygen atoms in total. The number of unbranched alkanes of at least 4 members (excludes halogenated alkanes) is 1. The van der Waals surface area contributed by atoms with Crippen LogP contribution in [0.3, 0.4) is 0 Å². The molecule has 0 aromatic rings. The standard InChI is InChI=1S/C9H20OS/c1-8(2)9(10)6-4-5-7-11-3/h8-10H,4-7H2,1-3H3. The van der Waals surface area contributed by atoms with Crippen LogP contribution in [-0.2, 0) is 0 Å². The summed E-state index contributed by atoms with van der Waals surface area (Å²) >= 11 is 1.88. The van der Waals surface area contributed by atoms with Crippen LogP contribution in [0.25, 0.3) is 0 Å². The zero-order valence-electron chi connectivity index (χ0n) is 7.84. The first-order chi connectivity index (χ1) is 5.18. The third kappa shape index (κ3) is 6.70. The molecule has 0 aliphatic heterocycles. The Kier molecular flexibility index (Phi) is 7.18. The molecule has 68 valence electrons. The molecule has 0 saturated carbocycles. The molecule has 0 bridgehead atoms. The molecule has 1 unspecified atom stereocenters. The normalized spacial score (nSPS) is 13.9. The lowest BCUT2D eigenvalue weighted by Crippen LogP contribution is -2.14. The molecule has 0 rings (SSSR count). The molecule has 0 spiro atoms. The Balaban J connectivity index is 3.10. The maximum absolute atomic E-state index is 9.42. The summed E-state index contributed by atoms with van der Waals surface area (Å²) in [5.41, 5.74) is 0. The van der Waals surface area contributed by atoms with Gasteiger partial charge in [-0.3, -0.25) is 0 Å². The predicted octanol–water partition coefficient (Wildman–Crippen LogP) is 2.54. The highest BCUT2D eigenvalue weighted by Crippen LogP contribution is 2.10. The van der Waals surface area contributed by atoms with Crippen molar-refractivity contribution in [2.24, 2.45) is 5.92 Å². The number of hydrogen-bond donors (Lipinski definition) is 1. The lowest BCUT2D eigenvalue weighted by Gasteiger charge is -2.13. The summed E-state index contributed by atoms with van der Waals surface area (Å²) in [5.74, 6) is 1.65. The third-order valence-electron chi connectivity index (χ3n) is 1.87. The molecular formula is C9H20OS. The molecule has 0 radical (unpaired) electrons. The topological polar surface area (TPSA) is 20.2 Å². The number of aliphatic hydroxyl groups is 1. The van der Waals surface area contributed by atoms with Gasteiger partial charge in [-0.05, 0) is 30.8 Å². The highest BCUT2D eigenvalue weighted by Gasteiger charge is 2.07. The van der Waals surface area contributed by atoms with Crippen LogP contribution >= 0.6 is 11.8 Å². The van der Waals surface area contributed by atoms with Gasteiger partial charge in [0.15, 0.2) is 0 Å². The van der Waals surface area contributed by atoms with Gasteiger partial charge in [-0.1, -0.05) is 20.3 Å². The summed E-state index contributed by atoms with van der Waals surface area (Å²) in [4.78, 5) is 0. The fraction of sp³-hybridized carbons (Fsp3) is 1.00. The number of thioether (sulfide) groups is 1. The summed E-state index contributed by atoms with van der Waals surface area (Å²) < 4.78 is 0. The summed E-state index contributed by atoms with van der Waals surface area (Å²) in [6.45, 7) is 4.14. The molecule has 0 aromatic heterocycles. The van der Waals surface area contributed by atoms with Gasteiger partial charge >= 0.3 is 0 Å². The van der Waals surface area contributed by atoms with Gasteiger partial charge in [0, 0.05) is 0 Å². The van der Waals surface area contributed by atoms with E-state index in [1.54, 1.807) is 0 Å². The first kappa shape index (κ1) is 11.3. The van der Waals surface area contributed by atoms with Crippen molar-refractivity contribution < 1.29 is 5.11 Å². The lowest BCUT2D eigenvalue weighted by atomic mass is 10.0. The molecule has 0 aromatic carbocycles. The Morgan fingerprint density at radius 1 is 1.27 bits per heavy atom. The van der Waals surface area contributed by atoms with Gasteiger partial charge in [0.2, 0.25) is 0 Å². The molecule has 11 heavy (non-hydrogen) atoms. The van der Waals surface area contributed by atoms with Crippen LogP contribution in [0.4, 0.5) is 0 Å². The van der Waals surface area contributed by atoms with Crippen molar-refractivity contribution in [2.45, 2.75) is 39.2 Å². The first-order valence-electron chi connectivity index (χ1n) is 4.35. The van der Waals surface area contributed by atoms with Gasteiger partial charge in [-0.15, -0.1) is 0 Å². The van der Waals surface area contributed by atoms with Crippen molar-refractivity contribution in [1.82, 2.24) is 0 Å². The van der Waals surface area contributed by atoms with E-state index in [4.69, 9.17) is 0 Å². The maximum atomic E-state index is 9.42. The average Bonchev–Trinajstić information content (AvgIpc) is 1.97. The van der Waals surface area contributed by atoms with Gasteiger partial charge in [0.25, 0.3) is 0 Å². The Hall–Kier alpha value is 0.310. The number of aliphatic hydroxyl groups excluding tert-OH is 1. The predicted molar refractivity (Wildman–Crippen MR) is 53.1 cm³/mol. The molecule has 0 aliphatic rings. The Morgan fingerprint density at radius 3 is 2.36 bits per heavy atom. The molecule has 0 heterocycles. The monoisotopic (exact) mass is 176 g/mol. The smallest absolute Gasteiger partial charge is 0.0563 e. The van der Waals surface area contributed by atoms with Crippen LogP contribution < -0.4 is 0 Å². The number of rotatable bonds is 6. The van der Waals surface area contributed by atoms with Crippen LogP contribution in [0.2, 0.25) is 0 Å². The second-order valence-corrected chi connectivity index (χ2v) is 4.29. The SMILES string of the molecule is CSCCCCC(O)C(C)C. The van der Waals surface area contributed by atoms with Gasteiger partial charge in [-0.2, -0.15) is 11.8 Å². The minimum absolute atomic E-state index is 0.0862. The van der Waals surface area contributed by atoms with E-state index in [0.29, 0.717) is 5.92 Å². The first-order valence-corrected chi connectivity index (χ1v) is 5.75. The highest BCUT2D eigenvalue weighted by molar-refractivity contribution is 7.98.